The van der Waals surface area contributed by atoms with Crippen molar-refractivity contribution in [2.24, 2.45) is 0 Å². The Labute approximate surface area is 134 Å². The molecule has 1 aliphatic rings. The van der Waals surface area contributed by atoms with Gasteiger partial charge in [0.25, 0.3) is 5.69 Å². The molecule has 7 nitrogen and oxygen atoms in total. The number of nitrogens with zero attached hydrogens (tertiary/aromatic N) is 2. The second-order valence-corrected chi connectivity index (χ2v) is 5.17. The zero-order valence-corrected chi connectivity index (χ0v) is 12.1. The Morgan fingerprint density at radius 3 is 2.12 bits per heavy atom. The third kappa shape index (κ3) is 1.88. The third-order valence-corrected chi connectivity index (χ3v) is 3.80. The molecule has 0 spiro atoms. The van der Waals surface area contributed by atoms with Crippen molar-refractivity contribution in [2.45, 2.75) is 0 Å². The fourth-order valence-electron chi connectivity index (χ4n) is 2.69. The van der Waals surface area contributed by atoms with Gasteiger partial charge in [0.15, 0.2) is 5.69 Å². The van der Waals surface area contributed by atoms with Gasteiger partial charge in [-0.3, -0.25) is 19.7 Å². The van der Waals surface area contributed by atoms with E-state index < -0.39 is 16.5 Å². The minimum Gasteiger partial charge on any atom is -0.431 e. The van der Waals surface area contributed by atoms with Crippen molar-refractivity contribution in [3.8, 4) is 11.5 Å². The lowest BCUT2D eigenvalue weighted by Gasteiger charge is -2.10. The van der Waals surface area contributed by atoms with Gasteiger partial charge in [-0.05, 0) is 6.07 Å². The number of ketones is 2. The number of hydrogen-bond acceptors (Lipinski definition) is 6. The van der Waals surface area contributed by atoms with Crippen molar-refractivity contribution in [3.05, 3.63) is 81.2 Å². The zero-order valence-electron chi connectivity index (χ0n) is 12.1. The minimum atomic E-state index is -0.573. The Bertz CT molecular complexity index is 982. The number of nitro groups is 1. The SMILES string of the molecule is O=C1c2ccccc2C(=O)c2oc(-c3ccccc3[N+](=O)[O-])nc21. The number of nitro benzene ring substituents is 1. The summed E-state index contributed by atoms with van der Waals surface area (Å²) in [4.78, 5) is 39.6. The number of carbonyl (C=O) groups is 2. The molecule has 0 saturated carbocycles. The molecule has 0 unspecified atom stereocenters. The topological polar surface area (TPSA) is 103 Å². The van der Waals surface area contributed by atoms with Gasteiger partial charge in [-0.1, -0.05) is 36.4 Å². The van der Waals surface area contributed by atoms with E-state index in [4.69, 9.17) is 4.42 Å². The Balaban J connectivity index is 1.92. The molecule has 1 aromatic heterocycles. The molecule has 0 saturated heterocycles. The maximum Gasteiger partial charge on any atom is 0.282 e. The third-order valence-electron chi connectivity index (χ3n) is 3.80. The van der Waals surface area contributed by atoms with Gasteiger partial charge >= 0.3 is 0 Å². The quantitative estimate of drug-likeness (QED) is 0.415. The first-order valence-electron chi connectivity index (χ1n) is 7.01. The second kappa shape index (κ2) is 4.95. The number of rotatable bonds is 2. The number of oxazole rings is 1. The van der Waals surface area contributed by atoms with E-state index >= 15 is 0 Å². The highest BCUT2D eigenvalue weighted by molar-refractivity contribution is 6.26. The summed E-state index contributed by atoms with van der Waals surface area (Å²) in [6.45, 7) is 0. The highest BCUT2D eigenvalue weighted by atomic mass is 16.6. The van der Waals surface area contributed by atoms with Crippen molar-refractivity contribution in [2.75, 3.05) is 0 Å². The van der Waals surface area contributed by atoms with Crippen LogP contribution in [0.1, 0.15) is 32.2 Å². The minimum absolute atomic E-state index is 0.113. The van der Waals surface area contributed by atoms with E-state index in [2.05, 4.69) is 4.98 Å². The maximum absolute atomic E-state index is 12.5. The van der Waals surface area contributed by atoms with E-state index in [0.717, 1.165) is 0 Å². The number of hydrogen-bond donors (Lipinski definition) is 0. The molecule has 1 heterocycles. The Morgan fingerprint density at radius 1 is 0.875 bits per heavy atom. The number of carbonyl (C=O) groups excluding carboxylic acids is 2. The summed E-state index contributed by atoms with van der Waals surface area (Å²) < 4.78 is 5.44. The van der Waals surface area contributed by atoms with Gasteiger partial charge in [-0.25, -0.2) is 4.98 Å². The summed E-state index contributed by atoms with van der Waals surface area (Å²) >= 11 is 0. The van der Waals surface area contributed by atoms with Crippen molar-refractivity contribution in [1.29, 1.82) is 0 Å². The van der Waals surface area contributed by atoms with Crippen LogP contribution in [-0.2, 0) is 0 Å². The molecule has 0 N–H and O–H groups in total. The maximum atomic E-state index is 12.5. The van der Waals surface area contributed by atoms with E-state index in [-0.39, 0.29) is 39.7 Å². The summed E-state index contributed by atoms with van der Waals surface area (Å²) in [5, 5.41) is 11.1. The molecule has 0 atom stereocenters. The van der Waals surface area contributed by atoms with Crippen molar-refractivity contribution < 1.29 is 18.9 Å². The lowest BCUT2D eigenvalue weighted by atomic mass is 9.91. The van der Waals surface area contributed by atoms with Crippen LogP contribution in [0.3, 0.4) is 0 Å². The largest absolute Gasteiger partial charge is 0.431 e. The first-order chi connectivity index (χ1) is 11.6. The summed E-state index contributed by atoms with van der Waals surface area (Å²) in [6.07, 6.45) is 0. The van der Waals surface area contributed by atoms with Crippen LogP contribution in [0.15, 0.2) is 52.9 Å². The van der Waals surface area contributed by atoms with E-state index in [1.54, 1.807) is 18.2 Å². The van der Waals surface area contributed by atoms with Crippen LogP contribution in [0.2, 0.25) is 0 Å². The smallest absolute Gasteiger partial charge is 0.282 e. The van der Waals surface area contributed by atoms with Gasteiger partial charge in [0, 0.05) is 17.2 Å². The van der Waals surface area contributed by atoms with Crippen molar-refractivity contribution in [3.63, 3.8) is 0 Å². The summed E-state index contributed by atoms with van der Waals surface area (Å²) in [6, 6.07) is 12.2. The molecule has 0 aliphatic heterocycles. The number of aromatic nitrogens is 1. The average Bonchev–Trinajstić information content (AvgIpc) is 3.05. The van der Waals surface area contributed by atoms with Gasteiger partial charge in [0.2, 0.25) is 23.2 Å². The standard InChI is InChI=1S/C17H8N2O5/c20-14-9-5-1-2-6-10(9)15(21)16-13(14)18-17(24-16)11-7-3-4-8-12(11)19(22)23/h1-8H. The van der Waals surface area contributed by atoms with E-state index in [1.807, 2.05) is 0 Å². The van der Waals surface area contributed by atoms with Crippen LogP contribution in [0, 0.1) is 10.1 Å². The van der Waals surface area contributed by atoms with Crippen LogP contribution < -0.4 is 0 Å². The van der Waals surface area contributed by atoms with Gasteiger partial charge in [0.05, 0.1) is 4.92 Å². The molecule has 4 rings (SSSR count). The lowest BCUT2D eigenvalue weighted by Crippen LogP contribution is -2.19. The average molecular weight is 320 g/mol. The van der Waals surface area contributed by atoms with Crippen LogP contribution in [0.25, 0.3) is 11.5 Å². The first-order valence-corrected chi connectivity index (χ1v) is 7.01. The van der Waals surface area contributed by atoms with Gasteiger partial charge in [0.1, 0.15) is 5.56 Å². The van der Waals surface area contributed by atoms with Crippen molar-refractivity contribution in [1.82, 2.24) is 4.98 Å². The molecule has 0 amide bonds. The van der Waals surface area contributed by atoms with Crippen molar-refractivity contribution >= 4 is 17.3 Å². The Hall–Kier alpha value is -3.61. The molecule has 116 valence electrons. The van der Waals surface area contributed by atoms with Gasteiger partial charge in [-0.2, -0.15) is 0 Å². The zero-order chi connectivity index (χ0) is 16.8. The summed E-state index contributed by atoms with van der Waals surface area (Å²) in [5.41, 5.74) is 0.264. The molecule has 1 aliphatic carbocycles. The second-order valence-electron chi connectivity index (χ2n) is 5.17. The molecule has 7 heteroatoms. The Morgan fingerprint density at radius 2 is 1.46 bits per heavy atom. The molecule has 24 heavy (non-hydrogen) atoms. The normalized spacial score (nSPS) is 12.7. The lowest BCUT2D eigenvalue weighted by molar-refractivity contribution is -0.384. The predicted molar refractivity (Wildman–Crippen MR) is 81.9 cm³/mol. The van der Waals surface area contributed by atoms with E-state index in [9.17, 15) is 19.7 Å². The number of fused-ring (bicyclic) bond motifs is 2. The van der Waals surface area contributed by atoms with Gasteiger partial charge in [-0.15, -0.1) is 0 Å². The van der Waals surface area contributed by atoms with Crippen LogP contribution in [-0.4, -0.2) is 21.5 Å². The summed E-state index contributed by atoms with van der Waals surface area (Å²) in [5.74, 6) is -1.21. The summed E-state index contributed by atoms with van der Waals surface area (Å²) in [7, 11) is 0. The highest BCUT2D eigenvalue weighted by Crippen LogP contribution is 2.34. The fraction of sp³-hybridized carbons (Fsp3) is 0. The number of para-hydroxylation sites is 1. The van der Waals surface area contributed by atoms with Crippen LogP contribution in [0.5, 0.6) is 0 Å². The van der Waals surface area contributed by atoms with Crippen LogP contribution >= 0.6 is 0 Å². The molecule has 2 aromatic carbocycles. The van der Waals surface area contributed by atoms with Gasteiger partial charge < -0.3 is 4.42 Å². The number of benzene rings is 2. The van der Waals surface area contributed by atoms with E-state index in [1.165, 1.54) is 30.3 Å². The fourth-order valence-corrected chi connectivity index (χ4v) is 2.69. The monoisotopic (exact) mass is 320 g/mol. The molecular weight excluding hydrogens is 312 g/mol. The predicted octanol–water partition coefficient (Wildman–Crippen LogP) is 3.03. The molecule has 0 fully saturated rings. The van der Waals surface area contributed by atoms with E-state index in [0.29, 0.717) is 0 Å². The Kier molecular flexibility index (Phi) is 2.89. The first kappa shape index (κ1) is 14.0. The highest BCUT2D eigenvalue weighted by Gasteiger charge is 2.36. The molecule has 0 bridgehead atoms. The molecule has 3 aromatic rings. The molecule has 0 radical (unpaired) electrons. The van der Waals surface area contributed by atoms with Crippen LogP contribution in [0.4, 0.5) is 5.69 Å². The molecular formula is C17H8N2O5.